The quantitative estimate of drug-likeness (QED) is 0.733. The van der Waals surface area contributed by atoms with E-state index in [1.54, 1.807) is 0 Å². The normalized spacial score (nSPS) is 11.8. The highest BCUT2D eigenvalue weighted by molar-refractivity contribution is 5.48. The Kier molecular flexibility index (Phi) is 4.70. The van der Waals surface area contributed by atoms with Gasteiger partial charge in [-0.1, -0.05) is 31.5 Å². The Labute approximate surface area is 92.1 Å². The van der Waals surface area contributed by atoms with E-state index in [9.17, 15) is 0 Å². The molecule has 0 heterocycles. The Morgan fingerprint density at radius 3 is 2.40 bits per heavy atom. The topological polar surface area (TPSA) is 27.0 Å². The third-order valence-electron chi connectivity index (χ3n) is 2.52. The Bertz CT molecular complexity index is 313. The molecular weight excluding hydrogens is 184 g/mol. The van der Waals surface area contributed by atoms with Crippen LogP contribution in [0.15, 0.2) is 30.3 Å². The molecule has 1 unspecified atom stereocenters. The average molecular weight is 202 g/mol. The maximum atomic E-state index is 9.13. The number of anilines is 1. The van der Waals surface area contributed by atoms with E-state index in [0.717, 1.165) is 25.1 Å². The van der Waals surface area contributed by atoms with Gasteiger partial charge in [-0.2, -0.15) is 5.26 Å². The van der Waals surface area contributed by atoms with Gasteiger partial charge in [0, 0.05) is 12.2 Å². The minimum absolute atomic E-state index is 0.00222. The molecule has 0 aliphatic heterocycles. The first kappa shape index (κ1) is 11.6. The molecule has 0 aliphatic carbocycles. The summed E-state index contributed by atoms with van der Waals surface area (Å²) in [4.78, 5) is 2.16. The molecule has 0 spiro atoms. The second-order valence-corrected chi connectivity index (χ2v) is 3.56. The summed E-state index contributed by atoms with van der Waals surface area (Å²) in [5, 5.41) is 9.13. The number of nitriles is 1. The highest BCUT2D eigenvalue weighted by Crippen LogP contribution is 2.18. The number of para-hydroxylation sites is 1. The first-order valence-corrected chi connectivity index (χ1v) is 5.54. The molecule has 0 saturated carbocycles. The Morgan fingerprint density at radius 2 is 1.93 bits per heavy atom. The maximum Gasteiger partial charge on any atom is 0.116 e. The van der Waals surface area contributed by atoms with Crippen LogP contribution in [0.25, 0.3) is 0 Å². The van der Waals surface area contributed by atoms with Crippen LogP contribution in [0, 0.1) is 11.3 Å². The Hall–Kier alpha value is -1.49. The molecule has 0 amide bonds. The Balaban J connectivity index is 2.83. The van der Waals surface area contributed by atoms with Gasteiger partial charge in [-0.25, -0.2) is 0 Å². The van der Waals surface area contributed by atoms with Crippen LogP contribution < -0.4 is 4.90 Å². The zero-order valence-electron chi connectivity index (χ0n) is 9.48. The third kappa shape index (κ3) is 2.99. The second-order valence-electron chi connectivity index (χ2n) is 3.56. The number of hydrogen-bond donors (Lipinski definition) is 0. The fraction of sp³-hybridized carbons (Fsp3) is 0.462. The van der Waals surface area contributed by atoms with Crippen LogP contribution in [0.2, 0.25) is 0 Å². The van der Waals surface area contributed by atoms with Gasteiger partial charge >= 0.3 is 0 Å². The minimum Gasteiger partial charge on any atom is -0.356 e. The van der Waals surface area contributed by atoms with E-state index < -0.39 is 0 Å². The van der Waals surface area contributed by atoms with Gasteiger partial charge in [-0.3, -0.25) is 0 Å². The van der Waals surface area contributed by atoms with Crippen LogP contribution in [0.4, 0.5) is 5.69 Å². The van der Waals surface area contributed by atoms with Gasteiger partial charge in [0.05, 0.1) is 6.07 Å². The molecule has 80 valence electrons. The zero-order chi connectivity index (χ0) is 11.1. The summed E-state index contributed by atoms with van der Waals surface area (Å²) >= 11 is 0. The van der Waals surface area contributed by atoms with Crippen LogP contribution in [0.1, 0.15) is 26.7 Å². The molecule has 1 rings (SSSR count). The molecule has 0 bridgehead atoms. The highest BCUT2D eigenvalue weighted by atomic mass is 15.2. The molecule has 0 N–H and O–H groups in total. The van der Waals surface area contributed by atoms with Gasteiger partial charge in [0.25, 0.3) is 0 Å². The molecule has 0 radical (unpaired) electrons. The highest BCUT2D eigenvalue weighted by Gasteiger charge is 2.15. The second kappa shape index (κ2) is 6.08. The summed E-state index contributed by atoms with van der Waals surface area (Å²) < 4.78 is 0. The van der Waals surface area contributed by atoms with E-state index in [4.69, 9.17) is 5.26 Å². The van der Waals surface area contributed by atoms with Crippen LogP contribution >= 0.6 is 0 Å². The van der Waals surface area contributed by atoms with Crippen molar-refractivity contribution in [3.8, 4) is 6.07 Å². The van der Waals surface area contributed by atoms with E-state index >= 15 is 0 Å². The third-order valence-corrected chi connectivity index (χ3v) is 2.52. The van der Waals surface area contributed by atoms with E-state index in [-0.39, 0.29) is 6.04 Å². The largest absolute Gasteiger partial charge is 0.356 e. The number of hydrogen-bond acceptors (Lipinski definition) is 2. The monoisotopic (exact) mass is 202 g/mol. The van der Waals surface area contributed by atoms with Gasteiger partial charge in [0.1, 0.15) is 6.04 Å². The van der Waals surface area contributed by atoms with E-state index in [2.05, 4.69) is 36.9 Å². The van der Waals surface area contributed by atoms with Crippen molar-refractivity contribution in [3.63, 3.8) is 0 Å². The van der Waals surface area contributed by atoms with Crippen molar-refractivity contribution in [2.75, 3.05) is 11.4 Å². The summed E-state index contributed by atoms with van der Waals surface area (Å²) in [6.45, 7) is 5.08. The van der Waals surface area contributed by atoms with Crippen molar-refractivity contribution in [1.82, 2.24) is 0 Å². The standard InChI is InChI=1S/C13H18N2/c1-3-8-13(11-14)15(4-2)12-9-6-5-7-10-12/h5-7,9-10,13H,3-4,8H2,1-2H3. The molecule has 0 aromatic heterocycles. The fourth-order valence-corrected chi connectivity index (χ4v) is 1.77. The molecule has 1 aromatic rings. The molecule has 0 fully saturated rings. The smallest absolute Gasteiger partial charge is 0.116 e. The molecule has 0 saturated heterocycles. The van der Waals surface area contributed by atoms with Crippen molar-refractivity contribution in [2.24, 2.45) is 0 Å². The van der Waals surface area contributed by atoms with Gasteiger partial charge in [0.2, 0.25) is 0 Å². The van der Waals surface area contributed by atoms with Crippen LogP contribution in [-0.4, -0.2) is 12.6 Å². The van der Waals surface area contributed by atoms with Crippen molar-refractivity contribution < 1.29 is 0 Å². The lowest BCUT2D eigenvalue weighted by Crippen LogP contribution is -2.33. The van der Waals surface area contributed by atoms with Crippen LogP contribution in [0.5, 0.6) is 0 Å². The molecular formula is C13H18N2. The molecule has 2 heteroatoms. The van der Waals surface area contributed by atoms with E-state index in [0.29, 0.717) is 0 Å². The average Bonchev–Trinajstić information content (AvgIpc) is 2.30. The number of benzene rings is 1. The summed E-state index contributed by atoms with van der Waals surface area (Å²) in [6.07, 6.45) is 1.97. The van der Waals surface area contributed by atoms with Crippen LogP contribution in [0.3, 0.4) is 0 Å². The first-order valence-electron chi connectivity index (χ1n) is 5.54. The lowest BCUT2D eigenvalue weighted by atomic mass is 10.1. The Morgan fingerprint density at radius 1 is 1.27 bits per heavy atom. The van der Waals surface area contributed by atoms with Crippen molar-refractivity contribution in [1.29, 1.82) is 5.26 Å². The van der Waals surface area contributed by atoms with E-state index in [1.165, 1.54) is 0 Å². The number of rotatable bonds is 5. The molecule has 15 heavy (non-hydrogen) atoms. The predicted molar refractivity (Wildman–Crippen MR) is 63.8 cm³/mol. The molecule has 0 aliphatic rings. The summed E-state index contributed by atoms with van der Waals surface area (Å²) in [6, 6.07) is 12.5. The first-order chi connectivity index (χ1) is 7.33. The van der Waals surface area contributed by atoms with Gasteiger partial charge in [0.15, 0.2) is 0 Å². The van der Waals surface area contributed by atoms with Crippen molar-refractivity contribution in [3.05, 3.63) is 30.3 Å². The van der Waals surface area contributed by atoms with Crippen molar-refractivity contribution >= 4 is 5.69 Å². The summed E-state index contributed by atoms with van der Waals surface area (Å²) in [5.74, 6) is 0. The SMILES string of the molecule is CCCC(C#N)N(CC)c1ccccc1. The molecule has 1 atom stereocenters. The van der Waals surface area contributed by atoms with Gasteiger partial charge in [-0.15, -0.1) is 0 Å². The summed E-state index contributed by atoms with van der Waals surface area (Å²) in [5.41, 5.74) is 1.14. The molecule has 2 nitrogen and oxygen atoms in total. The maximum absolute atomic E-state index is 9.13. The van der Waals surface area contributed by atoms with Crippen LogP contribution in [-0.2, 0) is 0 Å². The molecule has 1 aromatic carbocycles. The lowest BCUT2D eigenvalue weighted by Gasteiger charge is -2.27. The zero-order valence-corrected chi connectivity index (χ0v) is 9.48. The summed E-state index contributed by atoms with van der Waals surface area (Å²) in [7, 11) is 0. The lowest BCUT2D eigenvalue weighted by molar-refractivity contribution is 0.645. The predicted octanol–water partition coefficient (Wildman–Crippen LogP) is 3.21. The van der Waals surface area contributed by atoms with Gasteiger partial charge in [-0.05, 0) is 25.5 Å². The number of nitrogens with zero attached hydrogens (tertiary/aromatic N) is 2. The van der Waals surface area contributed by atoms with Crippen molar-refractivity contribution in [2.45, 2.75) is 32.7 Å². The van der Waals surface area contributed by atoms with E-state index in [1.807, 2.05) is 18.2 Å². The van der Waals surface area contributed by atoms with Gasteiger partial charge < -0.3 is 4.90 Å². The minimum atomic E-state index is 0.00222. The fourth-order valence-electron chi connectivity index (χ4n) is 1.77.